The molecule has 2 fully saturated rings. The smallest absolute Gasteiger partial charge is 0.302 e. The topological polar surface area (TPSA) is 200 Å². The summed E-state index contributed by atoms with van der Waals surface area (Å²) in [6, 6.07) is 7.50. The number of guanidine groups is 1. The van der Waals surface area contributed by atoms with Crippen LogP contribution in [0, 0.1) is 5.41 Å². The number of amides is 1. The van der Waals surface area contributed by atoms with Crippen molar-refractivity contribution in [2.24, 2.45) is 21.9 Å². The van der Waals surface area contributed by atoms with Crippen molar-refractivity contribution in [1.29, 1.82) is 0 Å². The number of hydrogen-bond donors (Lipinski definition) is 5. The summed E-state index contributed by atoms with van der Waals surface area (Å²) in [4.78, 5) is 35.7. The number of unbranched alkanes of at least 4 members (excludes halogenated alkanes) is 2. The molecule has 1 aliphatic heterocycles. The number of aromatic nitrogens is 1. The summed E-state index contributed by atoms with van der Waals surface area (Å²) in [5.41, 5.74) is 19.2. The average molecular weight is 681 g/mol. The van der Waals surface area contributed by atoms with Crippen molar-refractivity contribution in [3.05, 3.63) is 47.2 Å². The van der Waals surface area contributed by atoms with Crippen molar-refractivity contribution in [2.45, 2.75) is 129 Å². The normalized spacial score (nSPS) is 19.2. The minimum atomic E-state index is -0.551. The first-order chi connectivity index (χ1) is 23.4. The van der Waals surface area contributed by atoms with Gasteiger partial charge in [-0.3, -0.25) is 14.6 Å². The van der Waals surface area contributed by atoms with Gasteiger partial charge in [-0.25, -0.2) is 4.98 Å². The molecule has 0 spiro atoms. The second kappa shape index (κ2) is 18.1. The summed E-state index contributed by atoms with van der Waals surface area (Å²) in [5, 5.41) is 22.1. The van der Waals surface area contributed by atoms with E-state index in [4.69, 9.17) is 26.7 Å². The lowest BCUT2D eigenvalue weighted by Gasteiger charge is -2.29. The van der Waals surface area contributed by atoms with Crippen LogP contribution < -0.4 is 21.9 Å². The first kappa shape index (κ1) is 37.8. The van der Waals surface area contributed by atoms with Gasteiger partial charge in [-0.05, 0) is 87.1 Å². The molecule has 0 bridgehead atoms. The number of esters is 1. The van der Waals surface area contributed by atoms with Crippen LogP contribution in [0.2, 0.25) is 0 Å². The fourth-order valence-corrected chi connectivity index (χ4v) is 7.27. The van der Waals surface area contributed by atoms with E-state index in [0.717, 1.165) is 56.1 Å². The zero-order valence-corrected chi connectivity index (χ0v) is 29.2. The number of carbonyl (C=O) groups excluding carboxylic acids is 2. The lowest BCUT2D eigenvalue weighted by Crippen LogP contribution is -2.31. The lowest BCUT2D eigenvalue weighted by molar-refractivity contribution is -0.148. The lowest BCUT2D eigenvalue weighted by atomic mass is 9.78. The highest BCUT2D eigenvalue weighted by molar-refractivity contribution is 5.80. The fourth-order valence-electron chi connectivity index (χ4n) is 7.27. The van der Waals surface area contributed by atoms with Crippen molar-refractivity contribution in [2.75, 3.05) is 18.8 Å². The number of anilines is 1. The molecule has 2 aromatic rings. The van der Waals surface area contributed by atoms with E-state index in [2.05, 4.69) is 16.9 Å². The molecule has 1 aromatic carbocycles. The Kier molecular flexibility index (Phi) is 13.9. The minimum Gasteiger partial charge on any atom is -0.504 e. The number of benzene rings is 1. The molecule has 3 atom stereocenters. The molecule has 1 aromatic heterocycles. The van der Waals surface area contributed by atoms with Gasteiger partial charge in [0.1, 0.15) is 11.9 Å². The number of nitrogens with two attached hydrogens (primary N) is 3. The number of aliphatic imine (C=N–C) groups is 1. The largest absolute Gasteiger partial charge is 0.504 e. The Labute approximate surface area is 290 Å². The predicted molar refractivity (Wildman–Crippen MR) is 190 cm³/mol. The molecule has 4 rings (SSSR count). The zero-order chi connectivity index (χ0) is 35.4. The third-order valence-corrected chi connectivity index (χ3v) is 9.70. The van der Waals surface area contributed by atoms with Crippen molar-refractivity contribution >= 4 is 23.7 Å². The van der Waals surface area contributed by atoms with Crippen LogP contribution in [0.15, 0.2) is 35.5 Å². The van der Waals surface area contributed by atoms with Gasteiger partial charge in [-0.15, -0.1) is 0 Å². The standard InChI is InChI=1S/C37H56N6O6/c1-3-4-5-8-29(45)20-31(48-25(2)44)12-11-26-17-28(35(47)32(18-26)49-30-9-6-7-10-30)23-43-24-37(22-34(43)46,14-16-42-36(39)40)21-27-13-15-41-33(38)19-27/h13,15,17-19,29-31,45,47H,3-12,14,16,20-24H2,1-2H3,(H2,38,41)(H4,39,40,42)/t29-,31+,37-/m0/s1. The summed E-state index contributed by atoms with van der Waals surface area (Å²) in [6.07, 6.45) is 11.3. The molecule has 2 aliphatic rings. The van der Waals surface area contributed by atoms with Gasteiger partial charge in [0.2, 0.25) is 5.91 Å². The van der Waals surface area contributed by atoms with Crippen LogP contribution in [0.5, 0.6) is 11.5 Å². The van der Waals surface area contributed by atoms with E-state index < -0.39 is 17.6 Å². The van der Waals surface area contributed by atoms with E-state index >= 15 is 0 Å². The highest BCUT2D eigenvalue weighted by Crippen LogP contribution is 2.42. The van der Waals surface area contributed by atoms with Crippen LogP contribution in [-0.2, 0) is 33.7 Å². The third kappa shape index (κ3) is 11.8. The number of rotatable bonds is 19. The molecule has 270 valence electrons. The highest BCUT2D eigenvalue weighted by Gasteiger charge is 2.43. The molecule has 0 unspecified atom stereocenters. The Morgan fingerprint density at radius 2 is 1.94 bits per heavy atom. The second-order valence-electron chi connectivity index (χ2n) is 14.0. The van der Waals surface area contributed by atoms with Gasteiger partial charge in [0.15, 0.2) is 17.5 Å². The maximum Gasteiger partial charge on any atom is 0.302 e. The highest BCUT2D eigenvalue weighted by atomic mass is 16.5. The SMILES string of the molecule is CCCCC[C@H](O)C[C@@H](CCc1cc(CN2C[C@@](CCN=C(N)N)(Cc3ccnc(N)c3)CC2=O)c(O)c(OC2CCCC2)c1)OC(C)=O. The molecule has 1 amide bonds. The molecule has 1 saturated carbocycles. The molecule has 1 saturated heterocycles. The molecule has 0 radical (unpaired) electrons. The summed E-state index contributed by atoms with van der Waals surface area (Å²) in [5.74, 6) is 0.446. The van der Waals surface area contributed by atoms with Gasteiger partial charge in [-0.2, -0.15) is 0 Å². The number of nitrogens with zero attached hydrogens (tertiary/aromatic N) is 3. The van der Waals surface area contributed by atoms with Gasteiger partial charge in [-0.1, -0.05) is 32.3 Å². The number of nitrogen functional groups attached to an aromatic ring is 1. The van der Waals surface area contributed by atoms with Gasteiger partial charge < -0.3 is 41.8 Å². The van der Waals surface area contributed by atoms with Crippen LogP contribution in [0.3, 0.4) is 0 Å². The van der Waals surface area contributed by atoms with Gasteiger partial charge in [0, 0.05) is 56.6 Å². The first-order valence-electron chi connectivity index (χ1n) is 17.9. The molecule has 12 heteroatoms. The van der Waals surface area contributed by atoms with Gasteiger partial charge in [0.05, 0.1) is 12.2 Å². The van der Waals surface area contributed by atoms with E-state index in [9.17, 15) is 19.8 Å². The van der Waals surface area contributed by atoms with E-state index in [1.54, 1.807) is 11.1 Å². The van der Waals surface area contributed by atoms with Crippen LogP contribution in [-0.4, -0.2) is 69.3 Å². The van der Waals surface area contributed by atoms with Crippen molar-refractivity contribution in [1.82, 2.24) is 9.88 Å². The van der Waals surface area contributed by atoms with Gasteiger partial charge in [0.25, 0.3) is 0 Å². The predicted octanol–water partition coefficient (Wildman–Crippen LogP) is 4.51. The van der Waals surface area contributed by atoms with Crippen molar-refractivity contribution < 1.29 is 29.3 Å². The number of phenolic OH excluding ortho intramolecular Hbond substituents is 1. The van der Waals surface area contributed by atoms with Gasteiger partial charge >= 0.3 is 5.97 Å². The maximum atomic E-state index is 13.6. The Bertz CT molecular complexity index is 1430. The number of likely N-dealkylation sites (tertiary alicyclic amines) is 1. The summed E-state index contributed by atoms with van der Waals surface area (Å²) in [6.45, 7) is 4.53. The third-order valence-electron chi connectivity index (χ3n) is 9.70. The van der Waals surface area contributed by atoms with E-state index in [1.807, 2.05) is 24.3 Å². The number of carbonyl (C=O) groups is 2. The zero-order valence-electron chi connectivity index (χ0n) is 29.2. The Morgan fingerprint density at radius 1 is 1.16 bits per heavy atom. The number of aryl methyl sites for hydroxylation is 1. The van der Waals surface area contributed by atoms with E-state index in [1.165, 1.54) is 6.92 Å². The molecular weight excluding hydrogens is 624 g/mol. The number of phenols is 1. The van der Waals surface area contributed by atoms with E-state index in [-0.39, 0.29) is 36.2 Å². The molecule has 2 heterocycles. The average Bonchev–Trinajstić information content (AvgIpc) is 3.65. The molecule has 49 heavy (non-hydrogen) atoms. The summed E-state index contributed by atoms with van der Waals surface area (Å²) >= 11 is 0. The number of hydrogen-bond acceptors (Lipinski definition) is 9. The molecule has 1 aliphatic carbocycles. The van der Waals surface area contributed by atoms with Crippen molar-refractivity contribution in [3.8, 4) is 11.5 Å². The minimum absolute atomic E-state index is 0.00274. The maximum absolute atomic E-state index is 13.6. The summed E-state index contributed by atoms with van der Waals surface area (Å²) in [7, 11) is 0. The number of aliphatic hydroxyl groups excluding tert-OH is 1. The van der Waals surface area contributed by atoms with Crippen molar-refractivity contribution in [3.63, 3.8) is 0 Å². The first-order valence-corrected chi connectivity index (χ1v) is 17.9. The van der Waals surface area contributed by atoms with Crippen LogP contribution >= 0.6 is 0 Å². The second-order valence-corrected chi connectivity index (χ2v) is 14.0. The number of pyridine rings is 1. The number of ether oxygens (including phenoxy) is 2. The monoisotopic (exact) mass is 680 g/mol. The molecule has 8 N–H and O–H groups in total. The molecular formula is C37H56N6O6. The Morgan fingerprint density at radius 3 is 2.63 bits per heavy atom. The number of aliphatic hydroxyl groups is 1. The van der Waals surface area contributed by atoms with Crippen LogP contribution in [0.25, 0.3) is 0 Å². The van der Waals surface area contributed by atoms with Crippen LogP contribution in [0.1, 0.15) is 108 Å². The quantitative estimate of drug-likeness (QED) is 0.0609. The Balaban J connectivity index is 1.56. The van der Waals surface area contributed by atoms with Crippen LogP contribution in [0.4, 0.5) is 5.82 Å². The summed E-state index contributed by atoms with van der Waals surface area (Å²) < 4.78 is 12.0. The Hall–Kier alpha value is -4.06. The number of aromatic hydroxyl groups is 1. The molecule has 12 nitrogen and oxygen atoms in total. The fraction of sp³-hybridized carbons (Fsp3) is 0.622. The van der Waals surface area contributed by atoms with E-state index in [0.29, 0.717) is 75.2 Å².